The number of thioether (sulfide) groups is 1. The Balaban J connectivity index is 0.00000243. The van der Waals surface area contributed by atoms with Crippen LogP contribution in [0.15, 0.2) is 11.5 Å². The summed E-state index contributed by atoms with van der Waals surface area (Å²) in [4.78, 5) is 29.9. The second kappa shape index (κ2) is 8.37. The Hall–Kier alpha value is -0.310. The fourth-order valence-corrected chi connectivity index (χ4v) is 3.17. The van der Waals surface area contributed by atoms with E-state index in [1.54, 1.807) is 6.26 Å². The number of nitrogen functional groups attached to an aromatic ring is 1. The topological polar surface area (TPSA) is 186 Å². The van der Waals surface area contributed by atoms with Crippen molar-refractivity contribution in [2.75, 3.05) is 18.6 Å². The number of hydrogen-bond donors (Lipinski definition) is 5. The van der Waals surface area contributed by atoms with Crippen molar-refractivity contribution in [1.29, 1.82) is 0 Å². The molecule has 0 spiro atoms. The van der Waals surface area contributed by atoms with Crippen molar-refractivity contribution in [3.05, 3.63) is 6.33 Å². The molecule has 3 rings (SSSR count). The molecule has 3 heterocycles. The first-order valence-electron chi connectivity index (χ1n) is 6.97. The SMILES string of the molecule is CSc1nc(N)c2ncn([C@@H]3O[C@H](COP(=O)(O)O)[C@@H](O)[C@H]3O)c2n1.[Na]. The van der Waals surface area contributed by atoms with Crippen LogP contribution in [0.1, 0.15) is 6.23 Å². The van der Waals surface area contributed by atoms with Gasteiger partial charge in [0.15, 0.2) is 22.8 Å². The second-order valence-corrected chi connectivity index (χ2v) is 7.26. The van der Waals surface area contributed by atoms with Gasteiger partial charge in [-0.1, -0.05) is 11.8 Å². The zero-order valence-corrected chi connectivity index (χ0v) is 17.5. The summed E-state index contributed by atoms with van der Waals surface area (Å²) in [5.41, 5.74) is 6.43. The van der Waals surface area contributed by atoms with Crippen molar-refractivity contribution in [1.82, 2.24) is 19.5 Å². The van der Waals surface area contributed by atoms with E-state index < -0.39 is 39.0 Å². The molecule has 12 nitrogen and oxygen atoms in total. The molecule has 1 fully saturated rings. The summed E-state index contributed by atoms with van der Waals surface area (Å²) >= 11 is 1.26. The standard InChI is InChI=1S/C11H16N5O7PS.Na/c1-25-11-14-8(12)5-9(15-11)16(3-13-5)10-7(18)6(17)4(23-10)2-22-24(19,20)21;/h3-4,6-7,10,17-18H,2H2,1H3,(H2,12,14,15)(H2,19,20,21);/t4-,6-,7-,10-;/m1./s1. The van der Waals surface area contributed by atoms with Crippen LogP contribution in [0.3, 0.4) is 0 Å². The van der Waals surface area contributed by atoms with Gasteiger partial charge in [-0.2, -0.15) is 0 Å². The summed E-state index contributed by atoms with van der Waals surface area (Å²) in [6, 6.07) is 0. The molecule has 0 aromatic carbocycles. The second-order valence-electron chi connectivity index (χ2n) is 5.25. The smallest absolute Gasteiger partial charge is 0.387 e. The third-order valence-corrected chi connectivity index (χ3v) is 4.66. The zero-order valence-electron chi connectivity index (χ0n) is 13.8. The first-order valence-corrected chi connectivity index (χ1v) is 9.72. The quantitative estimate of drug-likeness (QED) is 0.164. The molecule has 0 aliphatic carbocycles. The number of aliphatic hydroxyl groups is 2. The predicted octanol–water partition coefficient (Wildman–Crippen LogP) is -1.52. The number of imidazole rings is 1. The minimum atomic E-state index is -4.73. The van der Waals surface area contributed by atoms with E-state index in [0.29, 0.717) is 16.3 Å². The van der Waals surface area contributed by atoms with Crippen LogP contribution in [0.2, 0.25) is 0 Å². The number of phosphoric ester groups is 1. The number of phosphoric acid groups is 1. The van der Waals surface area contributed by atoms with E-state index in [-0.39, 0.29) is 35.4 Å². The van der Waals surface area contributed by atoms with Gasteiger partial charge in [0.1, 0.15) is 23.8 Å². The first-order chi connectivity index (χ1) is 11.7. The largest absolute Gasteiger partial charge is 0.469 e. The van der Waals surface area contributed by atoms with E-state index in [9.17, 15) is 14.8 Å². The fourth-order valence-electron chi connectivity index (χ4n) is 2.46. The summed E-state index contributed by atoms with van der Waals surface area (Å²) in [6.07, 6.45) is -1.96. The maximum atomic E-state index is 10.8. The maximum Gasteiger partial charge on any atom is 0.469 e. The van der Waals surface area contributed by atoms with E-state index in [2.05, 4.69) is 19.5 Å². The van der Waals surface area contributed by atoms with E-state index in [4.69, 9.17) is 20.3 Å². The van der Waals surface area contributed by atoms with Crippen LogP contribution in [-0.2, 0) is 13.8 Å². The van der Waals surface area contributed by atoms with Crippen LogP contribution in [-0.4, -0.2) is 100 Å². The Labute approximate surface area is 173 Å². The minimum absolute atomic E-state index is 0. The molecule has 15 heteroatoms. The normalized spacial score (nSPS) is 26.2. The molecule has 1 saturated heterocycles. The number of nitrogens with zero attached hydrogens (tertiary/aromatic N) is 4. The first kappa shape index (κ1) is 22.0. The molecule has 6 N–H and O–H groups in total. The molecule has 0 bridgehead atoms. The number of nitrogens with two attached hydrogens (primary N) is 1. The van der Waals surface area contributed by atoms with Gasteiger partial charge in [-0.05, 0) is 6.26 Å². The number of rotatable bonds is 5. The van der Waals surface area contributed by atoms with Gasteiger partial charge in [0.2, 0.25) is 0 Å². The monoisotopic (exact) mass is 416 g/mol. The zero-order chi connectivity index (χ0) is 18.4. The summed E-state index contributed by atoms with van der Waals surface area (Å²) < 4.78 is 22.0. The third-order valence-electron chi connectivity index (χ3n) is 3.63. The van der Waals surface area contributed by atoms with Crippen molar-refractivity contribution in [3.8, 4) is 0 Å². The van der Waals surface area contributed by atoms with Crippen molar-refractivity contribution in [2.24, 2.45) is 0 Å². The number of aliphatic hydroxyl groups excluding tert-OH is 2. The van der Waals surface area contributed by atoms with Crippen LogP contribution >= 0.6 is 19.6 Å². The molecule has 1 aliphatic rings. The van der Waals surface area contributed by atoms with Gasteiger partial charge in [-0.3, -0.25) is 9.09 Å². The van der Waals surface area contributed by atoms with Crippen molar-refractivity contribution in [2.45, 2.75) is 29.7 Å². The van der Waals surface area contributed by atoms with Gasteiger partial charge in [0.25, 0.3) is 0 Å². The molecule has 0 saturated carbocycles. The van der Waals surface area contributed by atoms with Crippen molar-refractivity contribution in [3.63, 3.8) is 0 Å². The average molecular weight is 416 g/mol. The van der Waals surface area contributed by atoms with Crippen LogP contribution in [0.4, 0.5) is 5.82 Å². The fraction of sp³-hybridized carbons (Fsp3) is 0.545. The third kappa shape index (κ3) is 4.39. The van der Waals surface area contributed by atoms with Gasteiger partial charge in [-0.15, -0.1) is 0 Å². The molecule has 2 aromatic heterocycles. The number of anilines is 1. The number of fused-ring (bicyclic) bond motifs is 1. The van der Waals surface area contributed by atoms with E-state index in [1.807, 2.05) is 0 Å². The van der Waals surface area contributed by atoms with Gasteiger partial charge in [0, 0.05) is 29.6 Å². The Bertz CT molecular complexity index is 835. The predicted molar refractivity (Wildman–Crippen MR) is 91.2 cm³/mol. The average Bonchev–Trinajstić information content (AvgIpc) is 3.08. The van der Waals surface area contributed by atoms with Crippen LogP contribution in [0.5, 0.6) is 0 Å². The molecule has 2 aromatic rings. The maximum absolute atomic E-state index is 10.8. The van der Waals surface area contributed by atoms with Crippen LogP contribution < -0.4 is 5.73 Å². The van der Waals surface area contributed by atoms with E-state index in [0.717, 1.165) is 0 Å². The molecule has 1 radical (unpaired) electrons. The van der Waals surface area contributed by atoms with Gasteiger partial charge < -0.3 is 30.5 Å². The summed E-state index contributed by atoms with van der Waals surface area (Å²) in [5.74, 6) is 0.155. The molecular formula is C11H16N5NaO7PS. The Kier molecular flexibility index (Phi) is 7.08. The number of hydrogen-bond acceptors (Lipinski definition) is 10. The summed E-state index contributed by atoms with van der Waals surface area (Å²) in [5, 5.41) is 20.7. The number of aromatic nitrogens is 4. The summed E-state index contributed by atoms with van der Waals surface area (Å²) in [6.45, 7) is -0.598. The van der Waals surface area contributed by atoms with Gasteiger partial charge in [0.05, 0.1) is 12.9 Å². The van der Waals surface area contributed by atoms with Crippen molar-refractivity contribution >= 4 is 66.1 Å². The minimum Gasteiger partial charge on any atom is -0.387 e. The van der Waals surface area contributed by atoms with Crippen LogP contribution in [0.25, 0.3) is 11.2 Å². The molecular weight excluding hydrogens is 400 g/mol. The van der Waals surface area contributed by atoms with E-state index in [1.165, 1.54) is 22.7 Å². The number of ether oxygens (including phenoxy) is 1. The molecule has 0 unspecified atom stereocenters. The van der Waals surface area contributed by atoms with E-state index >= 15 is 0 Å². The Morgan fingerprint density at radius 3 is 2.69 bits per heavy atom. The Morgan fingerprint density at radius 2 is 2.08 bits per heavy atom. The Morgan fingerprint density at radius 1 is 1.38 bits per heavy atom. The molecule has 0 amide bonds. The van der Waals surface area contributed by atoms with Gasteiger partial charge >= 0.3 is 7.82 Å². The van der Waals surface area contributed by atoms with Crippen molar-refractivity contribution < 1.29 is 33.8 Å². The van der Waals surface area contributed by atoms with Crippen LogP contribution in [0, 0.1) is 0 Å². The molecule has 26 heavy (non-hydrogen) atoms. The molecule has 1 aliphatic heterocycles. The van der Waals surface area contributed by atoms with Gasteiger partial charge in [-0.25, -0.2) is 19.5 Å². The molecule has 139 valence electrons. The molecule has 4 atom stereocenters. The summed E-state index contributed by atoms with van der Waals surface area (Å²) in [7, 11) is -4.73.